The average Bonchev–Trinajstić information content (AvgIpc) is 3.28. The summed E-state index contributed by atoms with van der Waals surface area (Å²) in [6.45, 7) is 11.4. The van der Waals surface area contributed by atoms with Crippen LogP contribution in [-0.2, 0) is 19.1 Å². The molecule has 31 heavy (non-hydrogen) atoms. The molecule has 2 bridgehead atoms. The first-order valence-electron chi connectivity index (χ1n) is 11.4. The summed E-state index contributed by atoms with van der Waals surface area (Å²) in [6.07, 6.45) is 4.74. The molecule has 0 aliphatic carbocycles. The second-order valence-corrected chi connectivity index (χ2v) is 9.47. The fraction of sp³-hybridized carbons (Fsp3) is 0.783. The first-order valence-corrected chi connectivity index (χ1v) is 11.4. The van der Waals surface area contributed by atoms with Gasteiger partial charge in [0.2, 0.25) is 11.8 Å². The first kappa shape index (κ1) is 23.7. The number of carbonyl (C=O) groups excluding carboxylic acids is 2. The quantitative estimate of drug-likeness (QED) is 0.506. The SMILES string of the molecule is C=CCN(C(=O)C1N([C@@H](CC)CO)C(=O)[C@@H]2[C@H](C(=O)O)[C@]3(C)CCC12O3)C(C)CCC. The highest BCUT2D eigenvalue weighted by atomic mass is 16.5. The van der Waals surface area contributed by atoms with E-state index in [1.807, 2.05) is 20.8 Å². The van der Waals surface area contributed by atoms with E-state index in [9.17, 15) is 24.6 Å². The van der Waals surface area contributed by atoms with Gasteiger partial charge in [-0.05, 0) is 39.5 Å². The predicted molar refractivity (Wildman–Crippen MR) is 114 cm³/mol. The molecule has 8 heteroatoms. The Labute approximate surface area is 184 Å². The molecule has 3 rings (SSSR count). The molecule has 3 saturated heterocycles. The highest BCUT2D eigenvalue weighted by Crippen LogP contribution is 2.63. The first-order chi connectivity index (χ1) is 14.6. The minimum Gasteiger partial charge on any atom is -0.481 e. The molecule has 3 aliphatic rings. The molecule has 1 spiro atoms. The molecule has 3 aliphatic heterocycles. The number of rotatable bonds is 10. The number of aliphatic hydroxyl groups is 1. The second-order valence-electron chi connectivity index (χ2n) is 9.47. The molecule has 0 aromatic carbocycles. The summed E-state index contributed by atoms with van der Waals surface area (Å²) in [5.74, 6) is -3.65. The van der Waals surface area contributed by atoms with E-state index in [-0.39, 0.29) is 18.6 Å². The molecular formula is C23H36N2O6. The Morgan fingerprint density at radius 1 is 1.39 bits per heavy atom. The number of carboxylic acid groups (broad SMARTS) is 1. The number of hydrogen-bond donors (Lipinski definition) is 2. The Morgan fingerprint density at radius 2 is 2.06 bits per heavy atom. The van der Waals surface area contributed by atoms with Crippen LogP contribution >= 0.6 is 0 Å². The Hall–Kier alpha value is -1.93. The standard InChI is InChI=1S/C23H36N2O6/c1-6-9-14(4)24(12-7-2)20(28)18-23-11-10-22(5,31-23)17(21(29)30)16(23)19(27)25(18)15(8-3)13-26/h7,14-18,26H,2,6,8-13H2,1,3-5H3,(H,29,30)/t14?,15-,16-,17+,18?,22-,23?/m0/s1. The van der Waals surface area contributed by atoms with E-state index in [2.05, 4.69) is 6.58 Å². The van der Waals surface area contributed by atoms with Gasteiger partial charge in [-0.15, -0.1) is 6.58 Å². The van der Waals surface area contributed by atoms with Crippen molar-refractivity contribution in [2.45, 2.75) is 89.1 Å². The molecule has 2 N–H and O–H groups in total. The smallest absolute Gasteiger partial charge is 0.310 e. The summed E-state index contributed by atoms with van der Waals surface area (Å²) < 4.78 is 6.39. The van der Waals surface area contributed by atoms with Crippen molar-refractivity contribution in [3.05, 3.63) is 12.7 Å². The number of ether oxygens (including phenoxy) is 1. The Kier molecular flexibility index (Phi) is 6.54. The van der Waals surface area contributed by atoms with Crippen molar-refractivity contribution in [1.29, 1.82) is 0 Å². The van der Waals surface area contributed by atoms with E-state index >= 15 is 0 Å². The summed E-state index contributed by atoms with van der Waals surface area (Å²) in [7, 11) is 0. The molecule has 2 amide bonds. The van der Waals surface area contributed by atoms with Crippen LogP contribution in [0.2, 0.25) is 0 Å². The van der Waals surface area contributed by atoms with Crippen LogP contribution in [0.1, 0.15) is 59.8 Å². The van der Waals surface area contributed by atoms with E-state index in [1.165, 1.54) is 4.90 Å². The lowest BCUT2D eigenvalue weighted by Crippen LogP contribution is -2.60. The maximum absolute atomic E-state index is 14.0. The van der Waals surface area contributed by atoms with Gasteiger partial charge in [0, 0.05) is 12.6 Å². The Balaban J connectivity index is 2.12. The van der Waals surface area contributed by atoms with Gasteiger partial charge in [0.25, 0.3) is 0 Å². The number of amides is 2. The topological polar surface area (TPSA) is 107 Å². The van der Waals surface area contributed by atoms with Crippen molar-refractivity contribution in [2.75, 3.05) is 13.2 Å². The van der Waals surface area contributed by atoms with Crippen molar-refractivity contribution < 1.29 is 29.3 Å². The number of carboxylic acids is 1. The number of hydrogen-bond acceptors (Lipinski definition) is 5. The van der Waals surface area contributed by atoms with Gasteiger partial charge in [0.15, 0.2) is 0 Å². The average molecular weight is 437 g/mol. The van der Waals surface area contributed by atoms with Gasteiger partial charge in [-0.3, -0.25) is 14.4 Å². The van der Waals surface area contributed by atoms with Gasteiger partial charge in [0.1, 0.15) is 11.6 Å². The van der Waals surface area contributed by atoms with Crippen molar-refractivity contribution in [3.8, 4) is 0 Å². The minimum absolute atomic E-state index is 0.0680. The third-order valence-electron chi connectivity index (χ3n) is 7.64. The van der Waals surface area contributed by atoms with Gasteiger partial charge >= 0.3 is 5.97 Å². The van der Waals surface area contributed by atoms with Crippen LogP contribution in [0.4, 0.5) is 0 Å². The molecule has 0 saturated carbocycles. The summed E-state index contributed by atoms with van der Waals surface area (Å²) in [4.78, 5) is 43.0. The molecule has 7 atom stereocenters. The molecule has 174 valence electrons. The monoisotopic (exact) mass is 436 g/mol. The van der Waals surface area contributed by atoms with Crippen molar-refractivity contribution >= 4 is 17.8 Å². The largest absolute Gasteiger partial charge is 0.481 e. The third kappa shape index (κ3) is 3.39. The fourth-order valence-electron chi connectivity index (χ4n) is 6.18. The second kappa shape index (κ2) is 8.54. The normalized spacial score (nSPS) is 35.7. The zero-order valence-electron chi connectivity index (χ0n) is 19.0. The number of aliphatic hydroxyl groups excluding tert-OH is 1. The van der Waals surface area contributed by atoms with Crippen LogP contribution in [0.25, 0.3) is 0 Å². The van der Waals surface area contributed by atoms with Crippen LogP contribution in [0.3, 0.4) is 0 Å². The number of aliphatic carboxylic acids is 1. The van der Waals surface area contributed by atoms with Crippen LogP contribution in [-0.4, -0.2) is 80.3 Å². The van der Waals surface area contributed by atoms with Crippen molar-refractivity contribution in [2.24, 2.45) is 11.8 Å². The predicted octanol–water partition coefficient (Wildman–Crippen LogP) is 1.81. The Bertz CT molecular complexity index is 752. The number of nitrogens with zero attached hydrogens (tertiary/aromatic N) is 2. The molecule has 0 aromatic heterocycles. The lowest BCUT2D eigenvalue weighted by Gasteiger charge is -2.41. The zero-order chi connectivity index (χ0) is 23.1. The lowest BCUT2D eigenvalue weighted by atomic mass is 9.66. The molecule has 8 nitrogen and oxygen atoms in total. The van der Waals surface area contributed by atoms with Crippen LogP contribution < -0.4 is 0 Å². The van der Waals surface area contributed by atoms with Gasteiger partial charge < -0.3 is 24.7 Å². The van der Waals surface area contributed by atoms with Crippen LogP contribution in [0.5, 0.6) is 0 Å². The van der Waals surface area contributed by atoms with Crippen LogP contribution in [0.15, 0.2) is 12.7 Å². The summed E-state index contributed by atoms with van der Waals surface area (Å²) in [6, 6.07) is -1.59. The van der Waals surface area contributed by atoms with E-state index in [0.29, 0.717) is 25.8 Å². The lowest BCUT2D eigenvalue weighted by molar-refractivity contribution is -0.159. The number of fused-ring (bicyclic) bond motifs is 1. The highest BCUT2D eigenvalue weighted by molar-refractivity contribution is 5.98. The van der Waals surface area contributed by atoms with Gasteiger partial charge in [-0.1, -0.05) is 26.3 Å². The van der Waals surface area contributed by atoms with E-state index in [4.69, 9.17) is 4.74 Å². The minimum atomic E-state index is -1.18. The van der Waals surface area contributed by atoms with E-state index in [0.717, 1.165) is 12.8 Å². The molecule has 3 unspecified atom stereocenters. The van der Waals surface area contributed by atoms with Crippen LogP contribution in [0, 0.1) is 11.8 Å². The Morgan fingerprint density at radius 3 is 2.58 bits per heavy atom. The van der Waals surface area contributed by atoms with Gasteiger partial charge in [0.05, 0.1) is 30.1 Å². The molecular weight excluding hydrogens is 400 g/mol. The number of carbonyl (C=O) groups is 3. The van der Waals surface area contributed by atoms with Crippen molar-refractivity contribution in [3.63, 3.8) is 0 Å². The zero-order valence-corrected chi connectivity index (χ0v) is 19.0. The maximum Gasteiger partial charge on any atom is 0.310 e. The molecule has 0 aromatic rings. The van der Waals surface area contributed by atoms with Crippen molar-refractivity contribution in [1.82, 2.24) is 9.80 Å². The highest BCUT2D eigenvalue weighted by Gasteiger charge is 2.78. The van der Waals surface area contributed by atoms with E-state index < -0.39 is 47.0 Å². The summed E-state index contributed by atoms with van der Waals surface area (Å²) >= 11 is 0. The molecule has 3 fully saturated rings. The summed E-state index contributed by atoms with van der Waals surface area (Å²) in [5.41, 5.74) is -2.16. The van der Waals surface area contributed by atoms with E-state index in [1.54, 1.807) is 17.9 Å². The fourth-order valence-corrected chi connectivity index (χ4v) is 6.18. The van der Waals surface area contributed by atoms with Gasteiger partial charge in [-0.2, -0.15) is 0 Å². The summed E-state index contributed by atoms with van der Waals surface area (Å²) in [5, 5.41) is 20.0. The molecule has 0 radical (unpaired) electrons. The molecule has 3 heterocycles. The number of likely N-dealkylation sites (tertiary alicyclic amines) is 1. The third-order valence-corrected chi connectivity index (χ3v) is 7.64. The van der Waals surface area contributed by atoms with Gasteiger partial charge in [-0.25, -0.2) is 0 Å². The maximum atomic E-state index is 14.0.